The molecule has 1 atom stereocenters. The molecule has 0 aromatic carbocycles. The number of thiazole rings is 1. The van der Waals surface area contributed by atoms with E-state index in [-0.39, 0.29) is 12.0 Å². The van der Waals surface area contributed by atoms with Crippen LogP contribution in [0.25, 0.3) is 11.5 Å². The lowest BCUT2D eigenvalue weighted by Gasteiger charge is -2.07. The fourth-order valence-corrected chi connectivity index (χ4v) is 2.93. The minimum Gasteiger partial charge on any atom is -0.463 e. The molecule has 0 radical (unpaired) electrons. The van der Waals surface area contributed by atoms with Gasteiger partial charge in [-0.15, -0.1) is 11.3 Å². The summed E-state index contributed by atoms with van der Waals surface area (Å²) in [6, 6.07) is 3.66. The van der Waals surface area contributed by atoms with Crippen LogP contribution in [0.3, 0.4) is 0 Å². The Morgan fingerprint density at radius 3 is 3.25 bits per heavy atom. The van der Waals surface area contributed by atoms with Gasteiger partial charge in [0.15, 0.2) is 10.9 Å². The summed E-state index contributed by atoms with van der Waals surface area (Å²) < 4.78 is 10.8. The number of hydrogen-bond acceptors (Lipinski definition) is 5. The third-order valence-corrected chi connectivity index (χ3v) is 4.00. The minimum atomic E-state index is -0.0131. The quantitative estimate of drug-likeness (QED) is 0.918. The van der Waals surface area contributed by atoms with Gasteiger partial charge in [-0.2, -0.15) is 0 Å². The summed E-state index contributed by atoms with van der Waals surface area (Å²) >= 11 is 1.40. The number of hydrogen-bond donors (Lipinski definition) is 1. The van der Waals surface area contributed by atoms with E-state index in [0.717, 1.165) is 31.6 Å². The monoisotopic (exact) mass is 292 g/mol. The molecule has 5 nitrogen and oxygen atoms in total. The van der Waals surface area contributed by atoms with E-state index in [2.05, 4.69) is 10.3 Å². The highest BCUT2D eigenvalue weighted by Gasteiger charge is 2.17. The second-order valence-corrected chi connectivity index (χ2v) is 5.60. The Morgan fingerprint density at radius 1 is 1.55 bits per heavy atom. The molecule has 0 spiro atoms. The van der Waals surface area contributed by atoms with Gasteiger partial charge in [0.2, 0.25) is 5.91 Å². The number of anilines is 1. The van der Waals surface area contributed by atoms with Crippen molar-refractivity contribution in [3.63, 3.8) is 0 Å². The molecule has 106 valence electrons. The van der Waals surface area contributed by atoms with Crippen LogP contribution in [0.4, 0.5) is 5.13 Å². The van der Waals surface area contributed by atoms with Crippen LogP contribution in [0, 0.1) is 0 Å². The largest absolute Gasteiger partial charge is 0.463 e. The molecule has 1 N–H and O–H groups in total. The van der Waals surface area contributed by atoms with E-state index in [1.165, 1.54) is 11.3 Å². The van der Waals surface area contributed by atoms with Crippen molar-refractivity contribution in [1.29, 1.82) is 0 Å². The van der Waals surface area contributed by atoms with Gasteiger partial charge in [0.25, 0.3) is 0 Å². The smallest absolute Gasteiger partial charge is 0.226 e. The number of nitrogens with zero attached hydrogens (tertiary/aromatic N) is 1. The zero-order chi connectivity index (χ0) is 13.8. The maximum Gasteiger partial charge on any atom is 0.226 e. The van der Waals surface area contributed by atoms with E-state index in [1.54, 1.807) is 6.26 Å². The molecule has 1 amide bonds. The molecule has 3 rings (SSSR count). The maximum absolute atomic E-state index is 11.8. The van der Waals surface area contributed by atoms with Crippen LogP contribution in [-0.2, 0) is 9.53 Å². The average molecular weight is 292 g/mol. The summed E-state index contributed by atoms with van der Waals surface area (Å²) in [5.74, 6) is 0.696. The highest BCUT2D eigenvalue weighted by molar-refractivity contribution is 7.14. The third kappa shape index (κ3) is 3.26. The van der Waals surface area contributed by atoms with Crippen LogP contribution >= 0.6 is 11.3 Å². The second kappa shape index (κ2) is 6.19. The van der Waals surface area contributed by atoms with Crippen molar-refractivity contribution < 1.29 is 13.9 Å². The van der Waals surface area contributed by atoms with Crippen molar-refractivity contribution in [3.8, 4) is 11.5 Å². The summed E-state index contributed by atoms with van der Waals surface area (Å²) in [6.07, 6.45) is 5.27. The SMILES string of the molecule is O=C(CC[C@H]1CCCO1)Nc1nc(-c2ccco2)cs1. The van der Waals surface area contributed by atoms with Gasteiger partial charge in [-0.25, -0.2) is 4.98 Å². The predicted molar refractivity (Wildman–Crippen MR) is 76.7 cm³/mol. The van der Waals surface area contributed by atoms with Crippen molar-refractivity contribution in [3.05, 3.63) is 23.8 Å². The minimum absolute atomic E-state index is 0.0131. The zero-order valence-corrected chi connectivity index (χ0v) is 11.8. The van der Waals surface area contributed by atoms with Crippen LogP contribution in [0.15, 0.2) is 28.2 Å². The molecule has 1 aliphatic rings. The number of ether oxygens (including phenoxy) is 1. The number of nitrogens with one attached hydrogen (secondary N) is 1. The normalized spacial score (nSPS) is 18.3. The van der Waals surface area contributed by atoms with Gasteiger partial charge in [-0.3, -0.25) is 4.79 Å². The number of rotatable bonds is 5. The van der Waals surface area contributed by atoms with Crippen molar-refractivity contribution in [2.75, 3.05) is 11.9 Å². The van der Waals surface area contributed by atoms with Gasteiger partial charge in [0, 0.05) is 18.4 Å². The van der Waals surface area contributed by atoms with Gasteiger partial charge in [-0.05, 0) is 31.4 Å². The van der Waals surface area contributed by atoms with E-state index in [1.807, 2.05) is 17.5 Å². The molecule has 6 heteroatoms. The average Bonchev–Trinajstić information content (AvgIpc) is 3.18. The Morgan fingerprint density at radius 2 is 2.50 bits per heavy atom. The lowest BCUT2D eigenvalue weighted by molar-refractivity contribution is -0.116. The van der Waals surface area contributed by atoms with E-state index < -0.39 is 0 Å². The molecule has 1 saturated heterocycles. The molecule has 0 bridgehead atoms. The number of furan rings is 1. The van der Waals surface area contributed by atoms with Crippen molar-refractivity contribution >= 4 is 22.4 Å². The summed E-state index contributed by atoms with van der Waals surface area (Å²) in [5, 5.41) is 5.29. The van der Waals surface area contributed by atoms with Crippen LogP contribution in [0.2, 0.25) is 0 Å². The number of carbonyl (C=O) groups is 1. The lowest BCUT2D eigenvalue weighted by Crippen LogP contribution is -2.15. The zero-order valence-electron chi connectivity index (χ0n) is 11.0. The van der Waals surface area contributed by atoms with Gasteiger partial charge in [-0.1, -0.05) is 0 Å². The molecule has 2 aromatic heterocycles. The summed E-state index contributed by atoms with van der Waals surface area (Å²) in [6.45, 7) is 0.825. The van der Waals surface area contributed by atoms with Gasteiger partial charge < -0.3 is 14.5 Å². The fraction of sp³-hybridized carbons (Fsp3) is 0.429. The van der Waals surface area contributed by atoms with Gasteiger partial charge >= 0.3 is 0 Å². The molecule has 20 heavy (non-hydrogen) atoms. The van der Waals surface area contributed by atoms with Crippen LogP contribution < -0.4 is 5.32 Å². The summed E-state index contributed by atoms with van der Waals surface area (Å²) in [5.41, 5.74) is 0.745. The predicted octanol–water partition coefficient (Wildman–Crippen LogP) is 3.30. The second-order valence-electron chi connectivity index (χ2n) is 4.74. The number of amides is 1. The molecular formula is C14H16N2O3S. The molecule has 3 heterocycles. The van der Waals surface area contributed by atoms with E-state index in [0.29, 0.717) is 17.3 Å². The first-order chi connectivity index (χ1) is 9.81. The standard InChI is InChI=1S/C14H16N2O3S/c17-13(6-5-10-3-1-7-18-10)16-14-15-11(9-20-14)12-4-2-8-19-12/h2,4,8-10H,1,3,5-7H2,(H,15,16,17)/t10-/m1/s1. The molecule has 0 aliphatic carbocycles. The van der Waals surface area contributed by atoms with Crippen LogP contribution in [0.1, 0.15) is 25.7 Å². The summed E-state index contributed by atoms with van der Waals surface area (Å²) in [4.78, 5) is 16.2. The first-order valence-electron chi connectivity index (χ1n) is 6.72. The van der Waals surface area contributed by atoms with E-state index in [4.69, 9.17) is 9.15 Å². The Hall–Kier alpha value is -1.66. The molecule has 0 unspecified atom stereocenters. The highest BCUT2D eigenvalue weighted by Crippen LogP contribution is 2.25. The lowest BCUT2D eigenvalue weighted by atomic mass is 10.1. The fourth-order valence-electron chi connectivity index (χ4n) is 2.21. The molecule has 0 saturated carbocycles. The summed E-state index contributed by atoms with van der Waals surface area (Å²) in [7, 11) is 0. The van der Waals surface area contributed by atoms with Gasteiger partial charge in [0.1, 0.15) is 5.69 Å². The Kier molecular flexibility index (Phi) is 4.13. The molecule has 2 aromatic rings. The first kappa shape index (κ1) is 13.3. The van der Waals surface area contributed by atoms with Crippen LogP contribution in [0.5, 0.6) is 0 Å². The number of aromatic nitrogens is 1. The molecular weight excluding hydrogens is 276 g/mol. The van der Waals surface area contributed by atoms with Gasteiger partial charge in [0.05, 0.1) is 12.4 Å². The Balaban J connectivity index is 1.51. The molecule has 1 fully saturated rings. The maximum atomic E-state index is 11.8. The van der Waals surface area contributed by atoms with Crippen molar-refractivity contribution in [1.82, 2.24) is 4.98 Å². The topological polar surface area (TPSA) is 64.4 Å². The first-order valence-corrected chi connectivity index (χ1v) is 7.60. The molecule has 1 aliphatic heterocycles. The number of carbonyl (C=O) groups excluding carboxylic acids is 1. The Labute approximate surface area is 121 Å². The Bertz CT molecular complexity index is 559. The highest BCUT2D eigenvalue weighted by atomic mass is 32.1. The van der Waals surface area contributed by atoms with Crippen LogP contribution in [-0.4, -0.2) is 23.6 Å². The third-order valence-electron chi connectivity index (χ3n) is 3.24. The van der Waals surface area contributed by atoms with Crippen molar-refractivity contribution in [2.45, 2.75) is 31.8 Å². The van der Waals surface area contributed by atoms with Crippen molar-refractivity contribution in [2.24, 2.45) is 0 Å². The van der Waals surface area contributed by atoms with E-state index >= 15 is 0 Å². The van der Waals surface area contributed by atoms with E-state index in [9.17, 15) is 4.79 Å².